The Hall–Kier alpha value is -2.73. The molecule has 3 aromatic rings. The number of primary amides is 1. The first-order valence-electron chi connectivity index (χ1n) is 7.64. The van der Waals surface area contributed by atoms with Gasteiger partial charge in [0.2, 0.25) is 0 Å². The maximum atomic E-state index is 11.4. The van der Waals surface area contributed by atoms with E-state index in [1.54, 1.807) is 23.6 Å². The Balaban J connectivity index is 1.67. The molecule has 0 spiro atoms. The number of benzene rings is 1. The zero-order chi connectivity index (χ0) is 16.9. The van der Waals surface area contributed by atoms with Crippen molar-refractivity contribution in [2.45, 2.75) is 13.3 Å². The quantitative estimate of drug-likeness (QED) is 0.723. The highest BCUT2D eigenvalue weighted by atomic mass is 32.1. The van der Waals surface area contributed by atoms with Gasteiger partial charge < -0.3 is 11.1 Å². The number of thiazole rings is 1. The normalized spacial score (nSPS) is 10.5. The van der Waals surface area contributed by atoms with E-state index in [1.807, 2.05) is 18.2 Å². The van der Waals surface area contributed by atoms with Crippen molar-refractivity contribution in [1.29, 1.82) is 0 Å². The molecule has 2 aromatic heterocycles. The van der Waals surface area contributed by atoms with E-state index in [0.717, 1.165) is 22.7 Å². The molecule has 6 heteroatoms. The Morgan fingerprint density at radius 2 is 2.04 bits per heavy atom. The van der Waals surface area contributed by atoms with Gasteiger partial charge in [-0.25, -0.2) is 4.98 Å². The van der Waals surface area contributed by atoms with E-state index in [4.69, 9.17) is 10.7 Å². The number of carbonyl (C=O) groups is 1. The van der Waals surface area contributed by atoms with E-state index >= 15 is 0 Å². The lowest BCUT2D eigenvalue weighted by atomic mass is 10.1. The second-order valence-electron chi connectivity index (χ2n) is 5.34. The molecule has 0 atom stereocenters. The summed E-state index contributed by atoms with van der Waals surface area (Å²) >= 11 is 1.70. The van der Waals surface area contributed by atoms with Crippen molar-refractivity contribution in [3.63, 3.8) is 0 Å². The van der Waals surface area contributed by atoms with Gasteiger partial charge in [0.15, 0.2) is 0 Å². The molecule has 1 aromatic carbocycles. The van der Waals surface area contributed by atoms with Gasteiger partial charge in [-0.2, -0.15) is 0 Å². The minimum absolute atomic E-state index is 0.401. The van der Waals surface area contributed by atoms with Gasteiger partial charge in [-0.1, -0.05) is 30.3 Å². The standard InChI is InChI=1S/C18H18N4OS/c1-12-17(13-5-3-2-4-6-13)22-16(24-12)8-10-21-15-7-9-20-11-14(15)18(19)23/h2-7,9,11H,8,10H2,1H3,(H2,19,23)(H,20,21). The summed E-state index contributed by atoms with van der Waals surface area (Å²) in [6, 6.07) is 11.9. The van der Waals surface area contributed by atoms with Gasteiger partial charge >= 0.3 is 0 Å². The summed E-state index contributed by atoms with van der Waals surface area (Å²) < 4.78 is 0. The molecule has 0 bridgehead atoms. The Morgan fingerprint density at radius 3 is 2.79 bits per heavy atom. The fourth-order valence-corrected chi connectivity index (χ4v) is 3.43. The SMILES string of the molecule is Cc1sc(CCNc2ccncc2C(N)=O)nc1-c1ccccc1. The first kappa shape index (κ1) is 16.1. The van der Waals surface area contributed by atoms with Gasteiger partial charge in [0.05, 0.1) is 22.0 Å². The average molecular weight is 338 g/mol. The molecule has 0 aliphatic heterocycles. The predicted molar refractivity (Wildman–Crippen MR) is 97.2 cm³/mol. The molecule has 3 N–H and O–H groups in total. The third-order valence-corrected chi connectivity index (χ3v) is 4.66. The lowest BCUT2D eigenvalue weighted by Gasteiger charge is -2.08. The monoisotopic (exact) mass is 338 g/mol. The van der Waals surface area contributed by atoms with Gasteiger partial charge in [0.25, 0.3) is 5.91 Å². The van der Waals surface area contributed by atoms with Crippen LogP contribution in [0.15, 0.2) is 48.8 Å². The minimum Gasteiger partial charge on any atom is -0.384 e. The first-order valence-corrected chi connectivity index (χ1v) is 8.46. The molecular formula is C18H18N4OS. The van der Waals surface area contributed by atoms with E-state index in [9.17, 15) is 4.79 Å². The van der Waals surface area contributed by atoms with Crippen LogP contribution >= 0.6 is 11.3 Å². The minimum atomic E-state index is -0.484. The molecule has 0 saturated carbocycles. The van der Waals surface area contributed by atoms with E-state index in [1.165, 1.54) is 11.1 Å². The molecule has 5 nitrogen and oxygen atoms in total. The second kappa shape index (κ2) is 7.23. The van der Waals surface area contributed by atoms with Crippen LogP contribution < -0.4 is 11.1 Å². The maximum absolute atomic E-state index is 11.4. The fourth-order valence-electron chi connectivity index (χ4n) is 2.47. The first-order chi connectivity index (χ1) is 11.6. The molecule has 0 radical (unpaired) electrons. The molecule has 1 amide bonds. The highest BCUT2D eigenvalue weighted by Gasteiger charge is 2.10. The van der Waals surface area contributed by atoms with Crippen LogP contribution in [0.25, 0.3) is 11.3 Å². The molecule has 0 fully saturated rings. The highest BCUT2D eigenvalue weighted by Crippen LogP contribution is 2.27. The zero-order valence-corrected chi connectivity index (χ0v) is 14.1. The van der Waals surface area contributed by atoms with Gasteiger partial charge in [-0.05, 0) is 13.0 Å². The Labute approximate surface area is 144 Å². The summed E-state index contributed by atoms with van der Waals surface area (Å²) in [5, 5.41) is 4.30. The van der Waals surface area contributed by atoms with Crippen molar-refractivity contribution in [2.24, 2.45) is 5.73 Å². The van der Waals surface area contributed by atoms with Crippen molar-refractivity contribution >= 4 is 22.9 Å². The van der Waals surface area contributed by atoms with Crippen molar-refractivity contribution < 1.29 is 4.79 Å². The van der Waals surface area contributed by atoms with Crippen LogP contribution in [0, 0.1) is 6.92 Å². The summed E-state index contributed by atoms with van der Waals surface area (Å²) in [6.07, 6.45) is 3.89. The van der Waals surface area contributed by atoms with Crippen molar-refractivity contribution in [1.82, 2.24) is 9.97 Å². The smallest absolute Gasteiger partial charge is 0.252 e. The molecule has 3 rings (SSSR count). The van der Waals surface area contributed by atoms with Gasteiger partial charge in [0.1, 0.15) is 0 Å². The molecule has 122 valence electrons. The number of amides is 1. The Bertz CT molecular complexity index is 845. The van der Waals surface area contributed by atoms with Crippen LogP contribution in [0.5, 0.6) is 0 Å². The summed E-state index contributed by atoms with van der Waals surface area (Å²) in [6.45, 7) is 2.76. The number of hydrogen-bond acceptors (Lipinski definition) is 5. The third kappa shape index (κ3) is 3.60. The lowest BCUT2D eigenvalue weighted by molar-refractivity contribution is 0.100. The van der Waals surface area contributed by atoms with Gasteiger partial charge in [-0.15, -0.1) is 11.3 Å². The third-order valence-electron chi connectivity index (χ3n) is 3.63. The molecule has 0 aliphatic carbocycles. The zero-order valence-electron chi connectivity index (χ0n) is 13.3. The van der Waals surface area contributed by atoms with Crippen molar-refractivity contribution in [3.05, 3.63) is 64.2 Å². The Kier molecular flexibility index (Phi) is 4.86. The number of carbonyl (C=O) groups excluding carboxylic acids is 1. The number of aromatic nitrogens is 2. The maximum Gasteiger partial charge on any atom is 0.252 e. The molecule has 2 heterocycles. The largest absolute Gasteiger partial charge is 0.384 e. The fraction of sp³-hybridized carbons (Fsp3) is 0.167. The second-order valence-corrected chi connectivity index (χ2v) is 6.63. The summed E-state index contributed by atoms with van der Waals surface area (Å²) in [5.41, 5.74) is 8.63. The highest BCUT2D eigenvalue weighted by molar-refractivity contribution is 7.12. The number of hydrogen-bond donors (Lipinski definition) is 2. The van der Waals surface area contributed by atoms with Crippen LogP contribution in [0.2, 0.25) is 0 Å². The number of anilines is 1. The topological polar surface area (TPSA) is 80.9 Å². The number of rotatable bonds is 6. The van der Waals surface area contributed by atoms with Crippen LogP contribution in [-0.4, -0.2) is 22.4 Å². The molecule has 0 unspecified atom stereocenters. The van der Waals surface area contributed by atoms with E-state index in [2.05, 4.69) is 29.4 Å². The van der Waals surface area contributed by atoms with Gasteiger partial charge in [-0.3, -0.25) is 9.78 Å². The van der Waals surface area contributed by atoms with Gasteiger partial charge in [0, 0.05) is 35.8 Å². The van der Waals surface area contributed by atoms with E-state index in [0.29, 0.717) is 17.8 Å². The lowest BCUT2D eigenvalue weighted by Crippen LogP contribution is -2.15. The average Bonchev–Trinajstić information content (AvgIpc) is 2.97. The van der Waals surface area contributed by atoms with Crippen LogP contribution in [-0.2, 0) is 6.42 Å². The van der Waals surface area contributed by atoms with Crippen molar-refractivity contribution in [2.75, 3.05) is 11.9 Å². The number of nitrogens with one attached hydrogen (secondary N) is 1. The molecule has 0 aliphatic rings. The predicted octanol–water partition coefficient (Wildman–Crippen LogP) is 3.27. The number of nitrogens with two attached hydrogens (primary N) is 1. The number of pyridine rings is 1. The molecular weight excluding hydrogens is 320 g/mol. The molecule has 24 heavy (non-hydrogen) atoms. The van der Waals surface area contributed by atoms with Crippen LogP contribution in [0.4, 0.5) is 5.69 Å². The summed E-state index contributed by atoms with van der Waals surface area (Å²) in [7, 11) is 0. The molecule has 0 saturated heterocycles. The van der Waals surface area contributed by atoms with E-state index < -0.39 is 5.91 Å². The summed E-state index contributed by atoms with van der Waals surface area (Å²) in [5.74, 6) is -0.484. The van der Waals surface area contributed by atoms with Crippen molar-refractivity contribution in [3.8, 4) is 11.3 Å². The van der Waals surface area contributed by atoms with Crippen LogP contribution in [0.3, 0.4) is 0 Å². The Morgan fingerprint density at radius 1 is 1.25 bits per heavy atom. The number of nitrogens with zero attached hydrogens (tertiary/aromatic N) is 2. The summed E-state index contributed by atoms with van der Waals surface area (Å²) in [4.78, 5) is 21.3. The van der Waals surface area contributed by atoms with Crippen LogP contribution in [0.1, 0.15) is 20.2 Å². The number of aryl methyl sites for hydroxylation is 1. The van der Waals surface area contributed by atoms with E-state index in [-0.39, 0.29) is 0 Å².